The van der Waals surface area contributed by atoms with Gasteiger partial charge in [0.2, 0.25) is 0 Å². The van der Waals surface area contributed by atoms with Crippen molar-refractivity contribution in [2.75, 3.05) is 12.1 Å². The van der Waals surface area contributed by atoms with E-state index in [2.05, 4.69) is 5.43 Å². The third kappa shape index (κ3) is 4.72. The standard InChI is InChI=1S/C24H18Cl2N2O4/c1-31-22-12-16(7-10-21(22)32-14-15-5-8-17(25)9-6-15)11-20-23(29)27-28(24(20)30)19-4-2-3-18(26)13-19/h2-13H,14H2,1H3,(H,27,29)/b20-11+. The van der Waals surface area contributed by atoms with Crippen LogP contribution < -0.4 is 19.9 Å². The fraction of sp³-hybridized carbons (Fsp3) is 0.0833. The molecule has 1 aliphatic heterocycles. The zero-order chi connectivity index (χ0) is 22.7. The molecule has 1 aliphatic rings. The Balaban J connectivity index is 1.53. The van der Waals surface area contributed by atoms with Gasteiger partial charge in [-0.2, -0.15) is 0 Å². The van der Waals surface area contributed by atoms with Crippen LogP contribution >= 0.6 is 23.2 Å². The predicted octanol–water partition coefficient (Wildman–Crippen LogP) is 5.04. The predicted molar refractivity (Wildman–Crippen MR) is 124 cm³/mol. The molecule has 162 valence electrons. The molecule has 0 aromatic heterocycles. The lowest BCUT2D eigenvalue weighted by atomic mass is 10.1. The van der Waals surface area contributed by atoms with E-state index in [4.69, 9.17) is 32.7 Å². The summed E-state index contributed by atoms with van der Waals surface area (Å²) in [6.45, 7) is 0.337. The van der Waals surface area contributed by atoms with Crippen molar-refractivity contribution in [3.63, 3.8) is 0 Å². The summed E-state index contributed by atoms with van der Waals surface area (Å²) in [5, 5.41) is 2.28. The van der Waals surface area contributed by atoms with Gasteiger partial charge in [0.1, 0.15) is 12.2 Å². The first-order valence-corrected chi connectivity index (χ1v) is 10.4. The largest absolute Gasteiger partial charge is 0.493 e. The molecule has 3 aromatic carbocycles. The van der Waals surface area contributed by atoms with Crippen molar-refractivity contribution in [1.82, 2.24) is 5.43 Å². The molecular formula is C24H18Cl2N2O4. The van der Waals surface area contributed by atoms with Crippen molar-refractivity contribution in [1.29, 1.82) is 0 Å². The maximum Gasteiger partial charge on any atom is 0.282 e. The second-order valence-electron chi connectivity index (χ2n) is 6.94. The van der Waals surface area contributed by atoms with Crippen LogP contribution in [0.25, 0.3) is 6.08 Å². The highest BCUT2D eigenvalue weighted by Crippen LogP contribution is 2.31. The van der Waals surface area contributed by atoms with Gasteiger partial charge < -0.3 is 9.47 Å². The van der Waals surface area contributed by atoms with Crippen LogP contribution in [0.3, 0.4) is 0 Å². The molecule has 32 heavy (non-hydrogen) atoms. The number of hydrogen-bond donors (Lipinski definition) is 1. The third-order valence-corrected chi connectivity index (χ3v) is 5.25. The van der Waals surface area contributed by atoms with Gasteiger partial charge in [-0.15, -0.1) is 0 Å². The molecule has 3 aromatic rings. The molecule has 6 nitrogen and oxygen atoms in total. The molecule has 0 spiro atoms. The second-order valence-corrected chi connectivity index (χ2v) is 7.82. The molecule has 2 amide bonds. The van der Waals surface area contributed by atoms with E-state index in [1.54, 1.807) is 54.6 Å². The third-order valence-electron chi connectivity index (χ3n) is 4.76. The van der Waals surface area contributed by atoms with E-state index in [-0.39, 0.29) is 5.57 Å². The highest BCUT2D eigenvalue weighted by atomic mass is 35.5. The molecule has 1 N–H and O–H groups in total. The normalized spacial score (nSPS) is 14.6. The van der Waals surface area contributed by atoms with Gasteiger partial charge in [0.15, 0.2) is 11.5 Å². The van der Waals surface area contributed by atoms with Gasteiger partial charge in [-0.1, -0.05) is 47.5 Å². The fourth-order valence-corrected chi connectivity index (χ4v) is 3.47. The first kappa shape index (κ1) is 21.7. The van der Waals surface area contributed by atoms with Crippen LogP contribution in [0, 0.1) is 0 Å². The molecule has 0 aliphatic carbocycles. The average Bonchev–Trinajstić information content (AvgIpc) is 3.07. The Labute approximate surface area is 194 Å². The van der Waals surface area contributed by atoms with Crippen LogP contribution in [-0.2, 0) is 16.2 Å². The highest BCUT2D eigenvalue weighted by molar-refractivity contribution is 6.33. The Kier molecular flexibility index (Phi) is 6.35. The number of hydrogen-bond acceptors (Lipinski definition) is 4. The molecule has 0 atom stereocenters. The Morgan fingerprint density at radius 3 is 2.44 bits per heavy atom. The molecule has 0 saturated carbocycles. The number of halogens is 2. The zero-order valence-corrected chi connectivity index (χ0v) is 18.5. The molecule has 8 heteroatoms. The number of nitrogens with zero attached hydrogens (tertiary/aromatic N) is 1. The van der Waals surface area contributed by atoms with E-state index >= 15 is 0 Å². The Morgan fingerprint density at radius 2 is 1.72 bits per heavy atom. The lowest BCUT2D eigenvalue weighted by Crippen LogP contribution is -2.35. The average molecular weight is 469 g/mol. The van der Waals surface area contributed by atoms with E-state index in [9.17, 15) is 9.59 Å². The first-order valence-electron chi connectivity index (χ1n) is 9.62. The molecule has 0 radical (unpaired) electrons. The summed E-state index contributed by atoms with van der Waals surface area (Å²) in [7, 11) is 1.52. The van der Waals surface area contributed by atoms with Crippen molar-refractivity contribution in [2.45, 2.75) is 6.61 Å². The number of benzene rings is 3. The number of methoxy groups -OCH3 is 1. The summed E-state index contributed by atoms with van der Waals surface area (Å²) in [5.41, 5.74) is 4.60. The van der Waals surface area contributed by atoms with E-state index in [1.165, 1.54) is 18.2 Å². The lowest BCUT2D eigenvalue weighted by Gasteiger charge is -2.14. The number of ether oxygens (including phenoxy) is 2. The quantitative estimate of drug-likeness (QED) is 0.406. The van der Waals surface area contributed by atoms with Crippen LogP contribution in [0.1, 0.15) is 11.1 Å². The summed E-state index contributed by atoms with van der Waals surface area (Å²) in [6, 6.07) is 19.2. The van der Waals surface area contributed by atoms with Crippen LogP contribution in [0.15, 0.2) is 72.3 Å². The summed E-state index contributed by atoms with van der Waals surface area (Å²) < 4.78 is 11.3. The minimum atomic E-state index is -0.503. The number of anilines is 1. The van der Waals surface area contributed by atoms with Gasteiger partial charge >= 0.3 is 0 Å². The van der Waals surface area contributed by atoms with Crippen molar-refractivity contribution >= 4 is 46.8 Å². The molecular weight excluding hydrogens is 451 g/mol. The van der Waals surface area contributed by atoms with E-state index in [0.717, 1.165) is 5.56 Å². The van der Waals surface area contributed by atoms with E-state index in [1.807, 2.05) is 12.1 Å². The number of hydrazine groups is 1. The van der Waals surface area contributed by atoms with E-state index < -0.39 is 11.8 Å². The zero-order valence-electron chi connectivity index (χ0n) is 17.0. The Hall–Kier alpha value is -3.48. The first-order chi connectivity index (χ1) is 15.4. The van der Waals surface area contributed by atoms with Crippen LogP contribution in [-0.4, -0.2) is 18.9 Å². The van der Waals surface area contributed by atoms with Gasteiger partial charge in [0.25, 0.3) is 11.8 Å². The minimum absolute atomic E-state index is 0.00172. The minimum Gasteiger partial charge on any atom is -0.493 e. The molecule has 0 unspecified atom stereocenters. The molecule has 1 fully saturated rings. The summed E-state index contributed by atoms with van der Waals surface area (Å²) in [4.78, 5) is 25.2. The van der Waals surface area contributed by atoms with Crippen LogP contribution in [0.5, 0.6) is 11.5 Å². The molecule has 0 bridgehead atoms. The second kappa shape index (κ2) is 9.34. The monoisotopic (exact) mass is 468 g/mol. The van der Waals surface area contributed by atoms with Gasteiger partial charge in [-0.05, 0) is 59.7 Å². The van der Waals surface area contributed by atoms with Crippen LogP contribution in [0.2, 0.25) is 10.0 Å². The molecule has 1 saturated heterocycles. The number of carbonyl (C=O) groups is 2. The number of rotatable bonds is 6. The van der Waals surface area contributed by atoms with Crippen LogP contribution in [0.4, 0.5) is 5.69 Å². The smallest absolute Gasteiger partial charge is 0.282 e. The SMILES string of the molecule is COc1cc(/C=C2\C(=O)NN(c3cccc(Cl)c3)C2=O)ccc1OCc1ccc(Cl)cc1. The highest BCUT2D eigenvalue weighted by Gasteiger charge is 2.34. The number of nitrogens with one attached hydrogen (secondary N) is 1. The summed E-state index contributed by atoms with van der Waals surface area (Å²) >= 11 is 11.9. The van der Waals surface area contributed by atoms with Crippen molar-refractivity contribution in [3.8, 4) is 11.5 Å². The maximum atomic E-state index is 12.8. The lowest BCUT2D eigenvalue weighted by molar-refractivity contribution is -0.117. The maximum absolute atomic E-state index is 12.8. The van der Waals surface area contributed by atoms with Gasteiger partial charge in [0, 0.05) is 10.0 Å². The van der Waals surface area contributed by atoms with E-state index in [0.29, 0.717) is 39.4 Å². The van der Waals surface area contributed by atoms with Crippen molar-refractivity contribution in [2.24, 2.45) is 0 Å². The number of amides is 2. The van der Waals surface area contributed by atoms with Gasteiger partial charge in [-0.25, -0.2) is 5.01 Å². The number of carbonyl (C=O) groups excluding carboxylic acids is 2. The summed E-state index contributed by atoms with van der Waals surface area (Å²) in [5.74, 6) is 0.0366. The molecule has 4 rings (SSSR count). The van der Waals surface area contributed by atoms with Crippen molar-refractivity contribution in [3.05, 3.63) is 93.5 Å². The Morgan fingerprint density at radius 1 is 0.938 bits per heavy atom. The Bertz CT molecular complexity index is 1210. The summed E-state index contributed by atoms with van der Waals surface area (Å²) in [6.07, 6.45) is 1.51. The van der Waals surface area contributed by atoms with Crippen molar-refractivity contribution < 1.29 is 19.1 Å². The topological polar surface area (TPSA) is 67.9 Å². The van der Waals surface area contributed by atoms with Gasteiger partial charge in [-0.3, -0.25) is 15.0 Å². The molecule has 1 heterocycles. The van der Waals surface area contributed by atoms with Gasteiger partial charge in [0.05, 0.1) is 12.8 Å². The fourth-order valence-electron chi connectivity index (χ4n) is 3.16.